The maximum absolute atomic E-state index is 10.8. The summed E-state index contributed by atoms with van der Waals surface area (Å²) in [6, 6.07) is 1.85. The van der Waals surface area contributed by atoms with Crippen molar-refractivity contribution in [2.24, 2.45) is 5.92 Å². The van der Waals surface area contributed by atoms with Gasteiger partial charge in [-0.05, 0) is 31.6 Å². The number of carbonyl (C=O) groups excluding carboxylic acids is 1. The van der Waals surface area contributed by atoms with Crippen LogP contribution in [0.25, 0.3) is 0 Å². The molecule has 1 heterocycles. The van der Waals surface area contributed by atoms with Gasteiger partial charge in [0.15, 0.2) is 14.6 Å². The molecule has 0 aliphatic rings. The predicted molar refractivity (Wildman–Crippen MR) is 76.7 cm³/mol. The molecule has 0 bridgehead atoms. The molecule has 0 saturated carbocycles. The van der Waals surface area contributed by atoms with Gasteiger partial charge in [0, 0.05) is 5.56 Å². The molecule has 0 saturated heterocycles. The summed E-state index contributed by atoms with van der Waals surface area (Å²) in [4.78, 5) is 11.4. The van der Waals surface area contributed by atoms with E-state index in [0.717, 1.165) is 11.8 Å². The molecule has 1 aromatic heterocycles. The molecule has 0 aromatic carbocycles. The first-order valence-electron chi connectivity index (χ1n) is 5.67. The molecule has 0 N–H and O–H groups in total. The second kappa shape index (κ2) is 5.65. The molecule has 1 unspecified atom stereocenters. The quantitative estimate of drug-likeness (QED) is 0.577. The lowest BCUT2D eigenvalue weighted by Crippen LogP contribution is -2.30. The number of halogens is 1. The van der Waals surface area contributed by atoms with Crippen molar-refractivity contribution in [2.45, 2.75) is 39.6 Å². The third-order valence-corrected chi connectivity index (χ3v) is 4.52. The normalized spacial score (nSPS) is 14.1. The molecule has 1 atom stereocenters. The minimum absolute atomic E-state index is 0.0147. The number of thiophene rings is 1. The highest BCUT2D eigenvalue weighted by molar-refractivity contribution is 7.17. The van der Waals surface area contributed by atoms with Crippen molar-refractivity contribution >= 4 is 37.5 Å². The lowest BCUT2D eigenvalue weighted by Gasteiger charge is -2.29. The van der Waals surface area contributed by atoms with Crippen molar-refractivity contribution < 1.29 is 9.22 Å². The summed E-state index contributed by atoms with van der Waals surface area (Å²) in [7, 11) is -1.63. The summed E-state index contributed by atoms with van der Waals surface area (Å²) >= 11 is 7.51. The number of hydrogen-bond acceptors (Lipinski definition) is 3. The zero-order valence-electron chi connectivity index (χ0n) is 10.9. The third-order valence-electron chi connectivity index (χ3n) is 2.24. The first kappa shape index (κ1) is 14.9. The molecule has 0 aliphatic heterocycles. The van der Waals surface area contributed by atoms with Crippen LogP contribution < -0.4 is 0 Å². The number of aldehydes is 1. The molecule has 1 rings (SSSR count). The van der Waals surface area contributed by atoms with Crippen LogP contribution in [0.1, 0.15) is 35.2 Å². The van der Waals surface area contributed by atoms with Gasteiger partial charge < -0.3 is 4.43 Å². The topological polar surface area (TPSA) is 26.3 Å². The molecule has 0 amide bonds. The van der Waals surface area contributed by atoms with Gasteiger partial charge in [0.25, 0.3) is 0 Å². The van der Waals surface area contributed by atoms with Crippen LogP contribution >= 0.6 is 22.9 Å². The molecular formula is C12H19ClO2SSi. The SMILES string of the molecule is CC(C)C(O[Si](C)(C)C)c1cc(C=O)sc1Cl. The van der Waals surface area contributed by atoms with Gasteiger partial charge in [-0.1, -0.05) is 25.4 Å². The summed E-state index contributed by atoms with van der Waals surface area (Å²) < 4.78 is 6.84. The highest BCUT2D eigenvalue weighted by Gasteiger charge is 2.27. The average molecular weight is 291 g/mol. The standard InChI is InChI=1S/C12H19ClO2SSi/c1-8(2)11(15-17(3,4)5)10-6-9(7-14)16-12(10)13/h6-8,11H,1-5H3. The Morgan fingerprint density at radius 3 is 2.35 bits per heavy atom. The average Bonchev–Trinajstić information content (AvgIpc) is 2.54. The number of rotatable bonds is 5. The zero-order chi connectivity index (χ0) is 13.2. The first-order valence-corrected chi connectivity index (χ1v) is 10.3. The van der Waals surface area contributed by atoms with E-state index in [0.29, 0.717) is 15.1 Å². The molecule has 0 aliphatic carbocycles. The molecular weight excluding hydrogens is 272 g/mol. The maximum atomic E-state index is 10.8. The van der Waals surface area contributed by atoms with E-state index in [9.17, 15) is 4.79 Å². The summed E-state index contributed by atoms with van der Waals surface area (Å²) in [6.07, 6.45) is 0.825. The Hall–Kier alpha value is -0.163. The monoisotopic (exact) mass is 290 g/mol. The second-order valence-electron chi connectivity index (χ2n) is 5.39. The lowest BCUT2D eigenvalue weighted by molar-refractivity contribution is 0.112. The summed E-state index contributed by atoms with van der Waals surface area (Å²) in [5.41, 5.74) is 0.955. The molecule has 2 nitrogen and oxygen atoms in total. The van der Waals surface area contributed by atoms with Gasteiger partial charge in [-0.15, -0.1) is 11.3 Å². The second-order valence-corrected chi connectivity index (χ2v) is 11.5. The van der Waals surface area contributed by atoms with E-state index in [1.54, 1.807) is 0 Å². The van der Waals surface area contributed by atoms with Crippen molar-refractivity contribution in [3.05, 3.63) is 20.8 Å². The van der Waals surface area contributed by atoms with Crippen molar-refractivity contribution in [3.8, 4) is 0 Å². The van der Waals surface area contributed by atoms with Crippen LogP contribution in [-0.4, -0.2) is 14.6 Å². The van der Waals surface area contributed by atoms with Gasteiger partial charge in [-0.3, -0.25) is 4.79 Å². The van der Waals surface area contributed by atoms with E-state index in [1.165, 1.54) is 11.3 Å². The first-order chi connectivity index (χ1) is 7.74. The highest BCUT2D eigenvalue weighted by Crippen LogP contribution is 2.38. The largest absolute Gasteiger partial charge is 0.410 e. The Morgan fingerprint density at radius 2 is 2.00 bits per heavy atom. The van der Waals surface area contributed by atoms with Crippen LogP contribution in [0.2, 0.25) is 24.0 Å². The lowest BCUT2D eigenvalue weighted by atomic mass is 10.0. The van der Waals surface area contributed by atoms with Crippen LogP contribution in [0.3, 0.4) is 0 Å². The molecule has 17 heavy (non-hydrogen) atoms. The Labute approximate surface area is 113 Å². The summed E-state index contributed by atoms with van der Waals surface area (Å²) in [5.74, 6) is 0.341. The smallest absolute Gasteiger partial charge is 0.184 e. The van der Waals surface area contributed by atoms with Crippen molar-refractivity contribution in [2.75, 3.05) is 0 Å². The van der Waals surface area contributed by atoms with Crippen molar-refractivity contribution in [1.82, 2.24) is 0 Å². The third kappa shape index (κ3) is 4.21. The minimum atomic E-state index is -1.63. The van der Waals surface area contributed by atoms with Gasteiger partial charge in [0.2, 0.25) is 0 Å². The van der Waals surface area contributed by atoms with Crippen LogP contribution in [0.4, 0.5) is 0 Å². The Bertz CT molecular complexity index is 396. The fourth-order valence-electron chi connectivity index (χ4n) is 1.59. The Morgan fingerprint density at radius 1 is 1.41 bits per heavy atom. The van der Waals surface area contributed by atoms with Crippen LogP contribution in [0.5, 0.6) is 0 Å². The fraction of sp³-hybridized carbons (Fsp3) is 0.583. The Balaban J connectivity index is 3.05. The van der Waals surface area contributed by atoms with E-state index in [1.807, 2.05) is 6.07 Å². The molecule has 0 fully saturated rings. The van der Waals surface area contributed by atoms with Crippen LogP contribution in [0.15, 0.2) is 6.07 Å². The predicted octanol–water partition coefficient (Wildman–Crippen LogP) is 4.76. The van der Waals surface area contributed by atoms with Crippen molar-refractivity contribution in [3.63, 3.8) is 0 Å². The Kier molecular flexibility index (Phi) is 4.95. The van der Waals surface area contributed by atoms with E-state index in [4.69, 9.17) is 16.0 Å². The fourth-order valence-corrected chi connectivity index (χ4v) is 3.92. The minimum Gasteiger partial charge on any atom is -0.410 e. The molecule has 5 heteroatoms. The number of hydrogen-bond donors (Lipinski definition) is 0. The summed E-state index contributed by atoms with van der Waals surface area (Å²) in [5, 5.41) is 0. The molecule has 0 radical (unpaired) electrons. The highest BCUT2D eigenvalue weighted by atomic mass is 35.5. The number of carbonyl (C=O) groups is 1. The van der Waals surface area contributed by atoms with Gasteiger partial charge in [-0.25, -0.2) is 0 Å². The van der Waals surface area contributed by atoms with E-state index in [2.05, 4.69) is 33.5 Å². The van der Waals surface area contributed by atoms with Crippen LogP contribution in [-0.2, 0) is 4.43 Å². The van der Waals surface area contributed by atoms with Gasteiger partial charge in [0.1, 0.15) is 0 Å². The van der Waals surface area contributed by atoms with Gasteiger partial charge in [0.05, 0.1) is 15.3 Å². The van der Waals surface area contributed by atoms with Gasteiger partial charge in [-0.2, -0.15) is 0 Å². The van der Waals surface area contributed by atoms with Gasteiger partial charge >= 0.3 is 0 Å². The summed E-state index contributed by atoms with van der Waals surface area (Å²) in [6.45, 7) is 10.7. The van der Waals surface area contributed by atoms with E-state index >= 15 is 0 Å². The maximum Gasteiger partial charge on any atom is 0.184 e. The van der Waals surface area contributed by atoms with Crippen LogP contribution in [0, 0.1) is 5.92 Å². The molecule has 1 aromatic rings. The molecule has 96 valence electrons. The van der Waals surface area contributed by atoms with Crippen molar-refractivity contribution in [1.29, 1.82) is 0 Å². The van der Waals surface area contributed by atoms with E-state index in [-0.39, 0.29) is 6.10 Å². The molecule has 0 spiro atoms. The van der Waals surface area contributed by atoms with E-state index < -0.39 is 8.32 Å². The zero-order valence-corrected chi connectivity index (χ0v) is 13.5.